The van der Waals surface area contributed by atoms with E-state index in [1.807, 2.05) is 0 Å². The van der Waals surface area contributed by atoms with Crippen LogP contribution in [0.15, 0.2) is 0 Å². The van der Waals surface area contributed by atoms with E-state index < -0.39 is 0 Å². The number of methoxy groups -OCH3 is 3. The van der Waals surface area contributed by atoms with Crippen molar-refractivity contribution in [1.29, 1.82) is 0 Å². The molecule has 324 valence electrons. The highest BCUT2D eigenvalue weighted by atomic mass is 16.6. The van der Waals surface area contributed by atoms with Gasteiger partial charge >= 0.3 is 0 Å². The van der Waals surface area contributed by atoms with Crippen LogP contribution in [0.4, 0.5) is 0 Å². The van der Waals surface area contributed by atoms with Crippen LogP contribution in [0, 0.1) is 0 Å². The molecule has 0 saturated heterocycles. The molecule has 0 radical (unpaired) electrons. The Hall–Kier alpha value is -0.480. The van der Waals surface area contributed by atoms with Crippen LogP contribution in [-0.2, 0) is 42.6 Å². The first-order valence-corrected chi connectivity index (χ1v) is 20.6. The van der Waals surface area contributed by atoms with Crippen molar-refractivity contribution >= 4 is 0 Å². The van der Waals surface area contributed by atoms with Crippen molar-refractivity contribution in [2.45, 2.75) is 112 Å². The van der Waals surface area contributed by atoms with Crippen LogP contribution < -0.4 is 5.32 Å². The Kier molecular flexibility index (Phi) is 47.4. The molecule has 0 bridgehead atoms. The van der Waals surface area contributed by atoms with Crippen molar-refractivity contribution in [2.24, 2.45) is 0 Å². The fraction of sp³-hybridized carbons (Fsp3) is 1.00. The van der Waals surface area contributed by atoms with E-state index in [0.29, 0.717) is 79.3 Å². The van der Waals surface area contributed by atoms with Crippen molar-refractivity contribution in [3.63, 3.8) is 0 Å². The van der Waals surface area contributed by atoms with E-state index in [-0.39, 0.29) is 11.1 Å². The van der Waals surface area contributed by atoms with Gasteiger partial charge in [-0.3, -0.25) is 4.90 Å². The van der Waals surface area contributed by atoms with E-state index in [0.717, 1.165) is 78.2 Å². The molecule has 0 heterocycles. The molecule has 0 atom stereocenters. The number of ether oxygens (including phenoxy) is 9. The molecule has 0 aromatic carbocycles. The molecule has 0 amide bonds. The Morgan fingerprint density at radius 3 is 1.06 bits per heavy atom. The second kappa shape index (κ2) is 44.2. The maximum absolute atomic E-state index is 5.53. The maximum atomic E-state index is 5.53. The van der Waals surface area contributed by atoms with E-state index >= 15 is 0 Å². The number of hydrogen-bond donors (Lipinski definition) is 1. The zero-order valence-corrected chi connectivity index (χ0v) is 37.2. The van der Waals surface area contributed by atoms with Gasteiger partial charge in [-0.1, -0.05) is 20.8 Å². The number of unbranched alkanes of at least 4 members (excludes halogenated alkanes) is 3. The smallest absolute Gasteiger partial charge is 0.0701 e. The fourth-order valence-electron chi connectivity index (χ4n) is 4.74. The molecule has 0 aliphatic carbocycles. The molecular weight excluding hydrogens is 678 g/mol. The molecular formula is C41H91N3O9. The summed E-state index contributed by atoms with van der Waals surface area (Å²) in [5, 5.41) is 3.45. The Morgan fingerprint density at radius 1 is 0.396 bits per heavy atom. The summed E-state index contributed by atoms with van der Waals surface area (Å²) in [4.78, 5) is 4.94. The van der Waals surface area contributed by atoms with Crippen molar-refractivity contribution in [1.82, 2.24) is 15.1 Å². The monoisotopic (exact) mass is 770 g/mol. The van der Waals surface area contributed by atoms with E-state index in [2.05, 4.69) is 77.4 Å². The Morgan fingerprint density at radius 2 is 0.736 bits per heavy atom. The molecule has 12 nitrogen and oxygen atoms in total. The van der Waals surface area contributed by atoms with Gasteiger partial charge in [-0.15, -0.1) is 0 Å². The van der Waals surface area contributed by atoms with Crippen molar-refractivity contribution in [3.05, 3.63) is 0 Å². The second-order valence-corrected chi connectivity index (χ2v) is 14.7. The maximum Gasteiger partial charge on any atom is 0.0701 e. The van der Waals surface area contributed by atoms with Gasteiger partial charge in [-0.05, 0) is 119 Å². The zero-order chi connectivity index (χ0) is 40.3. The topological polar surface area (TPSA) is 102 Å². The molecule has 0 fully saturated rings. The number of nitrogens with zero attached hydrogens (tertiary/aromatic N) is 2. The average molecular weight is 770 g/mol. The predicted octanol–water partition coefficient (Wildman–Crippen LogP) is 6.19. The van der Waals surface area contributed by atoms with Crippen LogP contribution in [0.5, 0.6) is 0 Å². The Balaban J connectivity index is -0.000000709. The Labute approximate surface area is 328 Å². The van der Waals surface area contributed by atoms with E-state index in [4.69, 9.17) is 42.6 Å². The van der Waals surface area contributed by atoms with Gasteiger partial charge in [-0.25, -0.2) is 0 Å². The average Bonchev–Trinajstić information content (AvgIpc) is 3.11. The van der Waals surface area contributed by atoms with Gasteiger partial charge in [0.25, 0.3) is 0 Å². The first-order chi connectivity index (χ1) is 25.4. The lowest BCUT2D eigenvalue weighted by molar-refractivity contribution is 0.0231. The molecule has 0 spiro atoms. The summed E-state index contributed by atoms with van der Waals surface area (Å²) in [6, 6.07) is 0. The lowest BCUT2D eigenvalue weighted by Gasteiger charge is -2.34. The van der Waals surface area contributed by atoms with E-state index in [1.54, 1.807) is 21.3 Å². The fourth-order valence-corrected chi connectivity index (χ4v) is 4.74. The molecule has 53 heavy (non-hydrogen) atoms. The predicted molar refractivity (Wildman–Crippen MR) is 221 cm³/mol. The third kappa shape index (κ3) is 51.5. The summed E-state index contributed by atoms with van der Waals surface area (Å²) in [5.74, 6) is 0. The molecule has 0 unspecified atom stereocenters. The van der Waals surface area contributed by atoms with Crippen LogP contribution in [0.3, 0.4) is 0 Å². The highest BCUT2D eigenvalue weighted by molar-refractivity contribution is 4.74. The van der Waals surface area contributed by atoms with Gasteiger partial charge in [0.15, 0.2) is 0 Å². The van der Waals surface area contributed by atoms with Gasteiger partial charge in [0.2, 0.25) is 0 Å². The molecule has 12 heteroatoms. The van der Waals surface area contributed by atoms with Crippen LogP contribution >= 0.6 is 0 Å². The van der Waals surface area contributed by atoms with E-state index in [1.165, 1.54) is 19.4 Å². The highest BCUT2D eigenvalue weighted by Crippen LogP contribution is 2.13. The largest absolute Gasteiger partial charge is 0.382 e. The van der Waals surface area contributed by atoms with E-state index in [9.17, 15) is 0 Å². The van der Waals surface area contributed by atoms with Crippen molar-refractivity contribution < 1.29 is 42.6 Å². The normalized spacial score (nSPS) is 11.9. The number of nitrogens with one attached hydrogen (secondary N) is 1. The lowest BCUT2D eigenvalue weighted by Crippen LogP contribution is -2.41. The molecule has 0 aromatic rings. The number of rotatable bonds is 36. The summed E-state index contributed by atoms with van der Waals surface area (Å²) in [7, 11) is 5.03. The summed E-state index contributed by atoms with van der Waals surface area (Å²) < 4.78 is 47.0. The molecule has 1 N–H and O–H groups in total. The SMILES string of the molecule is CCN(CC)CCCCOCCOCCOC.CCN(CCCCOCCOCCOC)C(C)(C)C.COCCOCCOCCCCNC(C)(C)C. The quantitative estimate of drug-likeness (QED) is 0.0736. The minimum absolute atomic E-state index is 0.218. The lowest BCUT2D eigenvalue weighted by atomic mass is 10.1. The molecule has 0 aliphatic rings. The van der Waals surface area contributed by atoms with Crippen LogP contribution in [0.25, 0.3) is 0 Å². The summed E-state index contributed by atoms with van der Waals surface area (Å²) in [6.07, 6.45) is 6.91. The summed E-state index contributed by atoms with van der Waals surface area (Å²) in [5.41, 5.74) is 0.487. The third-order valence-electron chi connectivity index (χ3n) is 7.99. The summed E-state index contributed by atoms with van der Waals surface area (Å²) >= 11 is 0. The standard InChI is InChI=1S/C15H33NO3.2C13H29NO3/c1-6-16(15(2,3)4)9-7-8-10-18-13-14-19-12-11-17-5;1-13(2,3)14-7-5-6-8-16-11-12-17-10-9-15-4;1-4-14(5-2)8-6-7-9-16-12-13-17-11-10-15-3/h6-14H2,1-5H3;14H,5-12H2,1-4H3;4-13H2,1-3H3. The Bertz CT molecular complexity index is 664. The first-order valence-electron chi connectivity index (χ1n) is 20.6. The van der Waals surface area contributed by atoms with Gasteiger partial charge in [0, 0.05) is 52.2 Å². The van der Waals surface area contributed by atoms with Gasteiger partial charge < -0.3 is 52.8 Å². The molecule has 0 saturated carbocycles. The minimum atomic E-state index is 0.218. The minimum Gasteiger partial charge on any atom is -0.382 e. The van der Waals surface area contributed by atoms with Gasteiger partial charge in [0.1, 0.15) is 0 Å². The second-order valence-electron chi connectivity index (χ2n) is 14.7. The van der Waals surface area contributed by atoms with Gasteiger partial charge in [-0.2, -0.15) is 0 Å². The van der Waals surface area contributed by atoms with Crippen molar-refractivity contribution in [3.8, 4) is 0 Å². The first kappa shape index (κ1) is 56.8. The van der Waals surface area contributed by atoms with Crippen molar-refractivity contribution in [2.75, 3.05) is 160 Å². The van der Waals surface area contributed by atoms with Crippen LogP contribution in [0.1, 0.15) is 101 Å². The number of hydrogen-bond acceptors (Lipinski definition) is 12. The third-order valence-corrected chi connectivity index (χ3v) is 7.99. The van der Waals surface area contributed by atoms with Crippen LogP contribution in [0.2, 0.25) is 0 Å². The zero-order valence-electron chi connectivity index (χ0n) is 37.2. The summed E-state index contributed by atoms with van der Waals surface area (Å²) in [6.45, 7) is 37.2. The van der Waals surface area contributed by atoms with Crippen LogP contribution in [-0.4, -0.2) is 181 Å². The molecule has 0 aliphatic heterocycles. The molecule has 0 rings (SSSR count). The molecule has 0 aromatic heterocycles. The highest BCUT2D eigenvalue weighted by Gasteiger charge is 2.18. The van der Waals surface area contributed by atoms with Gasteiger partial charge in [0.05, 0.1) is 79.3 Å².